The zero-order valence-electron chi connectivity index (χ0n) is 10.2. The molecule has 0 amide bonds. The molecule has 3 N–H and O–H groups in total. The summed E-state index contributed by atoms with van der Waals surface area (Å²) in [6, 6.07) is 0. The third kappa shape index (κ3) is 2.91. The molecule has 0 fully saturated rings. The Balaban J connectivity index is 3.17. The molecule has 0 aliphatic heterocycles. The van der Waals surface area contributed by atoms with Crippen LogP contribution in [0.3, 0.4) is 0 Å². The molecule has 1 heterocycles. The molecular formula is C11H17N3O3. The maximum absolute atomic E-state index is 10.9. The lowest BCUT2D eigenvalue weighted by Gasteiger charge is -2.15. The fraction of sp³-hybridized carbons (Fsp3) is 0.545. The van der Waals surface area contributed by atoms with Crippen LogP contribution in [0.4, 0.5) is 5.82 Å². The lowest BCUT2D eigenvalue weighted by molar-refractivity contribution is 0.0532. The third-order valence-corrected chi connectivity index (χ3v) is 2.38. The first-order valence-electron chi connectivity index (χ1n) is 5.50. The van der Waals surface area contributed by atoms with Gasteiger partial charge in [-0.1, -0.05) is 6.92 Å². The molecule has 1 unspecified atom stereocenters. The van der Waals surface area contributed by atoms with E-state index in [4.69, 9.17) is 15.6 Å². The number of hydrogen-bond acceptors (Lipinski definition) is 5. The molecule has 0 saturated heterocycles. The van der Waals surface area contributed by atoms with Gasteiger partial charge in [0.25, 0.3) is 0 Å². The van der Waals surface area contributed by atoms with E-state index < -0.39 is 5.97 Å². The molecule has 0 aromatic carbocycles. The number of hydrogen-bond donors (Lipinski definition) is 2. The van der Waals surface area contributed by atoms with Crippen molar-refractivity contribution >= 4 is 11.8 Å². The molecule has 0 bridgehead atoms. The molecule has 0 aliphatic carbocycles. The van der Waals surface area contributed by atoms with Crippen LogP contribution in [0.5, 0.6) is 0 Å². The van der Waals surface area contributed by atoms with Crippen molar-refractivity contribution in [2.75, 3.05) is 12.3 Å². The maximum Gasteiger partial charge on any atom is 0.341 e. The van der Waals surface area contributed by atoms with Crippen molar-refractivity contribution in [3.05, 3.63) is 17.1 Å². The number of nitrogens with zero attached hydrogens (tertiary/aromatic N) is 2. The Hall–Kier alpha value is -1.69. The quantitative estimate of drug-likeness (QED) is 0.808. The first-order chi connectivity index (χ1) is 8.01. The van der Waals surface area contributed by atoms with Gasteiger partial charge in [-0.05, 0) is 20.3 Å². The van der Waals surface area contributed by atoms with E-state index >= 15 is 0 Å². The Labute approximate surface area is 99.8 Å². The average Bonchev–Trinajstić information content (AvgIpc) is 2.24. The van der Waals surface area contributed by atoms with E-state index in [-0.39, 0.29) is 17.5 Å². The predicted octanol–water partition coefficient (Wildman–Crippen LogP) is 1.55. The minimum atomic E-state index is -1.11. The molecule has 0 radical (unpaired) electrons. The average molecular weight is 239 g/mol. The zero-order valence-corrected chi connectivity index (χ0v) is 10.2. The Morgan fingerprint density at radius 1 is 1.47 bits per heavy atom. The van der Waals surface area contributed by atoms with E-state index in [0.29, 0.717) is 24.5 Å². The number of nitrogens with two attached hydrogens (primary N) is 1. The number of aryl methyl sites for hydroxylation is 1. The molecule has 94 valence electrons. The van der Waals surface area contributed by atoms with Gasteiger partial charge in [-0.2, -0.15) is 0 Å². The van der Waals surface area contributed by atoms with Gasteiger partial charge in [0.2, 0.25) is 0 Å². The topological polar surface area (TPSA) is 98.3 Å². The summed E-state index contributed by atoms with van der Waals surface area (Å²) in [6.45, 7) is 5.97. The van der Waals surface area contributed by atoms with E-state index in [1.807, 2.05) is 13.8 Å². The molecule has 1 rings (SSSR count). The summed E-state index contributed by atoms with van der Waals surface area (Å²) in [5.74, 6) is -0.691. The second-order valence-corrected chi connectivity index (χ2v) is 3.58. The molecule has 1 aromatic rings. The smallest absolute Gasteiger partial charge is 0.341 e. The monoisotopic (exact) mass is 239 g/mol. The van der Waals surface area contributed by atoms with Crippen LogP contribution in [-0.2, 0) is 4.74 Å². The van der Waals surface area contributed by atoms with Crippen molar-refractivity contribution in [1.29, 1.82) is 0 Å². The fourth-order valence-electron chi connectivity index (χ4n) is 1.60. The van der Waals surface area contributed by atoms with Crippen LogP contribution < -0.4 is 5.73 Å². The molecule has 0 spiro atoms. The van der Waals surface area contributed by atoms with Crippen LogP contribution in [0.2, 0.25) is 0 Å². The van der Waals surface area contributed by atoms with Gasteiger partial charge in [0, 0.05) is 6.61 Å². The number of carbonyl (C=O) groups is 1. The molecule has 0 saturated carbocycles. The van der Waals surface area contributed by atoms with Crippen LogP contribution >= 0.6 is 0 Å². The Morgan fingerprint density at radius 3 is 2.53 bits per heavy atom. The first kappa shape index (κ1) is 13.4. The molecule has 1 aromatic heterocycles. The van der Waals surface area contributed by atoms with E-state index in [0.717, 1.165) is 0 Å². The van der Waals surface area contributed by atoms with Gasteiger partial charge in [-0.25, -0.2) is 14.8 Å². The minimum absolute atomic E-state index is 0.0156. The fourth-order valence-corrected chi connectivity index (χ4v) is 1.60. The lowest BCUT2D eigenvalue weighted by Crippen LogP contribution is -2.15. The van der Waals surface area contributed by atoms with Crippen LogP contribution in [0.1, 0.15) is 48.2 Å². The van der Waals surface area contributed by atoms with Gasteiger partial charge >= 0.3 is 5.97 Å². The second kappa shape index (κ2) is 5.58. The molecule has 17 heavy (non-hydrogen) atoms. The molecule has 6 heteroatoms. The lowest BCUT2D eigenvalue weighted by atomic mass is 10.2. The van der Waals surface area contributed by atoms with Crippen molar-refractivity contribution in [3.63, 3.8) is 0 Å². The molecule has 1 atom stereocenters. The predicted molar refractivity (Wildman–Crippen MR) is 62.8 cm³/mol. The summed E-state index contributed by atoms with van der Waals surface area (Å²) in [4.78, 5) is 19.1. The Morgan fingerprint density at radius 2 is 2.12 bits per heavy atom. The Bertz CT molecular complexity index is 397. The van der Waals surface area contributed by atoms with Crippen LogP contribution in [0, 0.1) is 6.92 Å². The summed E-state index contributed by atoms with van der Waals surface area (Å²) >= 11 is 0. The van der Waals surface area contributed by atoms with Gasteiger partial charge in [-0.3, -0.25) is 0 Å². The van der Waals surface area contributed by atoms with Crippen LogP contribution in [-0.4, -0.2) is 27.7 Å². The standard InChI is InChI=1S/C11H17N3O3/c1-4-7(17-5-2)10-13-6(3)8(11(15)16)9(12)14-10/h7H,4-5H2,1-3H3,(H,15,16)(H2,12,13,14). The normalized spacial score (nSPS) is 12.4. The molecule has 6 nitrogen and oxygen atoms in total. The number of carboxylic acids is 1. The van der Waals surface area contributed by atoms with Gasteiger partial charge in [0.05, 0.1) is 5.69 Å². The maximum atomic E-state index is 10.9. The van der Waals surface area contributed by atoms with Crippen LogP contribution in [0.15, 0.2) is 0 Å². The highest BCUT2D eigenvalue weighted by Crippen LogP contribution is 2.21. The highest BCUT2D eigenvalue weighted by Gasteiger charge is 2.19. The summed E-state index contributed by atoms with van der Waals surface area (Å²) in [5.41, 5.74) is 5.94. The SMILES string of the molecule is CCOC(CC)c1nc(C)c(C(=O)O)c(N)n1. The van der Waals surface area contributed by atoms with Gasteiger partial charge < -0.3 is 15.6 Å². The highest BCUT2D eigenvalue weighted by atomic mass is 16.5. The number of aromatic nitrogens is 2. The van der Waals surface area contributed by atoms with Gasteiger partial charge in [0.15, 0.2) is 5.82 Å². The first-order valence-corrected chi connectivity index (χ1v) is 5.50. The summed E-state index contributed by atoms with van der Waals surface area (Å²) in [7, 11) is 0. The van der Waals surface area contributed by atoms with Crippen LogP contribution in [0.25, 0.3) is 0 Å². The van der Waals surface area contributed by atoms with E-state index in [1.54, 1.807) is 6.92 Å². The van der Waals surface area contributed by atoms with Crippen molar-refractivity contribution in [2.24, 2.45) is 0 Å². The van der Waals surface area contributed by atoms with Crippen molar-refractivity contribution in [3.8, 4) is 0 Å². The number of carboxylic acid groups (broad SMARTS) is 1. The minimum Gasteiger partial charge on any atom is -0.477 e. The second-order valence-electron chi connectivity index (χ2n) is 3.58. The number of rotatable bonds is 5. The molecule has 0 aliphatic rings. The van der Waals surface area contributed by atoms with Crippen molar-refractivity contribution in [1.82, 2.24) is 9.97 Å². The summed E-state index contributed by atoms with van der Waals surface area (Å²) in [5, 5.41) is 8.95. The number of aromatic carboxylic acids is 1. The highest BCUT2D eigenvalue weighted by molar-refractivity contribution is 5.93. The van der Waals surface area contributed by atoms with E-state index in [2.05, 4.69) is 9.97 Å². The summed E-state index contributed by atoms with van der Waals surface area (Å²) in [6.07, 6.45) is 0.461. The van der Waals surface area contributed by atoms with Gasteiger partial charge in [-0.15, -0.1) is 0 Å². The van der Waals surface area contributed by atoms with E-state index in [9.17, 15) is 4.79 Å². The van der Waals surface area contributed by atoms with Crippen molar-refractivity contribution in [2.45, 2.75) is 33.3 Å². The Kier molecular flexibility index (Phi) is 4.39. The number of anilines is 1. The third-order valence-electron chi connectivity index (χ3n) is 2.38. The zero-order chi connectivity index (χ0) is 13.0. The summed E-state index contributed by atoms with van der Waals surface area (Å²) < 4.78 is 5.46. The number of ether oxygens (including phenoxy) is 1. The molecular weight excluding hydrogens is 222 g/mol. The van der Waals surface area contributed by atoms with Crippen molar-refractivity contribution < 1.29 is 14.6 Å². The van der Waals surface area contributed by atoms with Gasteiger partial charge in [0.1, 0.15) is 17.5 Å². The van der Waals surface area contributed by atoms with E-state index in [1.165, 1.54) is 0 Å². The number of nitrogen functional groups attached to an aromatic ring is 1. The largest absolute Gasteiger partial charge is 0.477 e.